The van der Waals surface area contributed by atoms with Gasteiger partial charge in [-0.25, -0.2) is 13.8 Å². The molecule has 0 unspecified atom stereocenters. The van der Waals surface area contributed by atoms with E-state index in [4.69, 9.17) is 4.98 Å². The first kappa shape index (κ1) is 27.4. The molecule has 0 saturated carbocycles. The van der Waals surface area contributed by atoms with Crippen molar-refractivity contribution >= 4 is 42.5 Å². The largest absolute Gasteiger partial charge is 0.292 e. The minimum Gasteiger partial charge on any atom is -0.292 e. The van der Waals surface area contributed by atoms with Gasteiger partial charge in [0.25, 0.3) is 0 Å². The molecule has 8 rings (SSSR count). The van der Waals surface area contributed by atoms with E-state index in [9.17, 15) is 0 Å². The van der Waals surface area contributed by atoms with Crippen molar-refractivity contribution < 1.29 is 8.78 Å². The number of rotatable bonds is 5. The molecule has 45 heavy (non-hydrogen) atoms. The van der Waals surface area contributed by atoms with Gasteiger partial charge in [-0.2, -0.15) is 0 Å². The summed E-state index contributed by atoms with van der Waals surface area (Å²) in [5, 5.41) is 1.48. The summed E-state index contributed by atoms with van der Waals surface area (Å²) in [7, 11) is 0. The summed E-state index contributed by atoms with van der Waals surface area (Å²) < 4.78 is 34.8. The molecule has 0 aliphatic rings. The molecule has 2 nitrogen and oxygen atoms in total. The molecule has 0 N–H and O–H groups in total. The molecule has 8 aromatic rings. The molecule has 5 heteroatoms. The third-order valence-corrected chi connectivity index (χ3v) is 10.1. The molecule has 0 fully saturated rings. The van der Waals surface area contributed by atoms with Gasteiger partial charge in [0.1, 0.15) is 17.5 Å². The molecule has 0 amide bonds. The van der Waals surface area contributed by atoms with E-state index in [1.165, 1.54) is 23.3 Å². The van der Waals surface area contributed by atoms with E-state index in [1.807, 2.05) is 72.8 Å². The number of imidazole rings is 1. The normalized spacial score (nSPS) is 12.0. The smallest absolute Gasteiger partial charge is 0.147 e. The maximum Gasteiger partial charge on any atom is 0.147 e. The molecule has 0 aliphatic heterocycles. The van der Waals surface area contributed by atoms with Crippen molar-refractivity contribution in [1.82, 2.24) is 9.55 Å². The van der Waals surface area contributed by atoms with Gasteiger partial charge in [-0.3, -0.25) is 4.57 Å². The Morgan fingerprint density at radius 3 is 2.16 bits per heavy atom. The molecular formula is C40H28F2N2S. The van der Waals surface area contributed by atoms with Crippen molar-refractivity contribution in [1.29, 1.82) is 0 Å². The molecule has 0 spiro atoms. The Morgan fingerprint density at radius 2 is 1.36 bits per heavy atom. The highest BCUT2D eigenvalue weighted by molar-refractivity contribution is 7.26. The summed E-state index contributed by atoms with van der Waals surface area (Å²) in [5.74, 6) is 0.132. The lowest BCUT2D eigenvalue weighted by atomic mass is 9.78. The predicted molar refractivity (Wildman–Crippen MR) is 183 cm³/mol. The van der Waals surface area contributed by atoms with Crippen LogP contribution in [0.25, 0.3) is 59.4 Å². The quantitative estimate of drug-likeness (QED) is 0.191. The second-order valence-electron chi connectivity index (χ2n) is 11.9. The monoisotopic (exact) mass is 606 g/mol. The highest BCUT2D eigenvalue weighted by Crippen LogP contribution is 2.44. The number of hydrogen-bond donors (Lipinski definition) is 0. The summed E-state index contributed by atoms with van der Waals surface area (Å²) in [6.07, 6.45) is 0. The topological polar surface area (TPSA) is 17.8 Å². The van der Waals surface area contributed by atoms with E-state index in [0.29, 0.717) is 16.8 Å². The SMILES string of the molecule is CC(C)(c1ccccc1)c1ccc2c(c1)sc1c(-c3nc4ccccc4n3-c3ccc(F)c(-c4ccccc4)c3)ccc(F)c12. The second kappa shape index (κ2) is 10.5. The average Bonchev–Trinajstić information content (AvgIpc) is 3.65. The van der Waals surface area contributed by atoms with E-state index < -0.39 is 0 Å². The number of halogens is 2. The van der Waals surface area contributed by atoms with Crippen LogP contribution in [0.5, 0.6) is 0 Å². The van der Waals surface area contributed by atoms with Gasteiger partial charge in [-0.05, 0) is 65.2 Å². The van der Waals surface area contributed by atoms with Crippen LogP contribution in [0, 0.1) is 11.6 Å². The van der Waals surface area contributed by atoms with E-state index in [2.05, 4.69) is 60.9 Å². The van der Waals surface area contributed by atoms with Gasteiger partial charge < -0.3 is 0 Å². The Labute approximate surface area is 263 Å². The van der Waals surface area contributed by atoms with Gasteiger partial charge >= 0.3 is 0 Å². The first-order valence-electron chi connectivity index (χ1n) is 14.9. The second-order valence-corrected chi connectivity index (χ2v) is 12.9. The van der Waals surface area contributed by atoms with E-state index in [1.54, 1.807) is 17.4 Å². The molecule has 2 aromatic heterocycles. The summed E-state index contributed by atoms with van der Waals surface area (Å²) in [6.45, 7) is 4.44. The maximum absolute atomic E-state index is 15.7. The Balaban J connectivity index is 1.36. The van der Waals surface area contributed by atoms with Gasteiger partial charge in [0.2, 0.25) is 0 Å². The van der Waals surface area contributed by atoms with E-state index >= 15 is 8.78 Å². The molecular weight excluding hydrogens is 579 g/mol. The summed E-state index contributed by atoms with van der Waals surface area (Å²) in [4.78, 5) is 5.08. The van der Waals surface area contributed by atoms with Crippen molar-refractivity contribution in [3.63, 3.8) is 0 Å². The number of fused-ring (bicyclic) bond motifs is 4. The molecule has 0 bridgehead atoms. The van der Waals surface area contributed by atoms with Gasteiger partial charge in [0.05, 0.1) is 11.0 Å². The lowest BCUT2D eigenvalue weighted by Crippen LogP contribution is -2.18. The Bertz CT molecular complexity index is 2370. The minimum atomic E-state index is -0.293. The fourth-order valence-electron chi connectivity index (χ4n) is 6.38. The van der Waals surface area contributed by atoms with Gasteiger partial charge in [-0.1, -0.05) is 98.8 Å². The first-order chi connectivity index (χ1) is 21.9. The third-order valence-electron chi connectivity index (χ3n) is 8.88. The lowest BCUT2D eigenvalue weighted by molar-refractivity contribution is 0.631. The number of para-hydroxylation sites is 2. The summed E-state index contributed by atoms with van der Waals surface area (Å²) >= 11 is 1.59. The van der Waals surface area contributed by atoms with Gasteiger partial charge in [0, 0.05) is 42.4 Å². The van der Waals surface area contributed by atoms with Crippen LogP contribution < -0.4 is 0 Å². The summed E-state index contributed by atoms with van der Waals surface area (Å²) in [6, 6.07) is 42.8. The highest BCUT2D eigenvalue weighted by atomic mass is 32.1. The number of thiophene rings is 1. The van der Waals surface area contributed by atoms with Crippen molar-refractivity contribution in [3.8, 4) is 28.2 Å². The van der Waals surface area contributed by atoms with Crippen LogP contribution in [0.2, 0.25) is 0 Å². The van der Waals surface area contributed by atoms with Crippen molar-refractivity contribution in [2.75, 3.05) is 0 Å². The van der Waals surface area contributed by atoms with Crippen molar-refractivity contribution in [3.05, 3.63) is 156 Å². The van der Waals surface area contributed by atoms with Crippen LogP contribution in [0.4, 0.5) is 8.78 Å². The van der Waals surface area contributed by atoms with Crippen LogP contribution in [0.1, 0.15) is 25.0 Å². The standard InChI is InChI=1S/C40H28F2N2S/c1-40(2,26-13-7-4-8-14-26)27-17-19-29-36(23-27)45-38-30(20-22-33(42)37(29)38)39-43-34-15-9-10-16-35(34)44(39)28-18-21-32(41)31(24-28)25-11-5-3-6-12-25/h3-24H,1-2H3. The molecule has 2 heterocycles. The maximum atomic E-state index is 15.7. The van der Waals surface area contributed by atoms with Crippen LogP contribution in [0.15, 0.2) is 133 Å². The lowest BCUT2D eigenvalue weighted by Gasteiger charge is -2.26. The zero-order valence-corrected chi connectivity index (χ0v) is 25.6. The number of benzene rings is 6. The molecule has 0 radical (unpaired) electrons. The van der Waals surface area contributed by atoms with Crippen LogP contribution >= 0.6 is 11.3 Å². The predicted octanol–water partition coefficient (Wildman–Crippen LogP) is 11.3. The molecule has 0 atom stereocenters. The van der Waals surface area contributed by atoms with Crippen LogP contribution in [-0.2, 0) is 5.41 Å². The van der Waals surface area contributed by atoms with Crippen molar-refractivity contribution in [2.24, 2.45) is 0 Å². The van der Waals surface area contributed by atoms with Crippen molar-refractivity contribution in [2.45, 2.75) is 19.3 Å². The zero-order valence-electron chi connectivity index (χ0n) is 24.8. The molecule has 0 saturated heterocycles. The molecule has 218 valence electrons. The Hall–Kier alpha value is -5.13. The minimum absolute atomic E-state index is 0.222. The number of hydrogen-bond acceptors (Lipinski definition) is 2. The molecule has 6 aromatic carbocycles. The Kier molecular flexibility index (Phi) is 6.40. The van der Waals surface area contributed by atoms with Gasteiger partial charge in [-0.15, -0.1) is 11.3 Å². The van der Waals surface area contributed by atoms with Gasteiger partial charge in [0.15, 0.2) is 0 Å². The van der Waals surface area contributed by atoms with Crippen LogP contribution in [0.3, 0.4) is 0 Å². The zero-order chi connectivity index (χ0) is 30.7. The fourth-order valence-corrected chi connectivity index (χ4v) is 7.65. The fraction of sp³-hybridized carbons (Fsp3) is 0.0750. The number of nitrogens with zero attached hydrogens (tertiary/aromatic N) is 2. The third kappa shape index (κ3) is 4.46. The highest BCUT2D eigenvalue weighted by Gasteiger charge is 2.25. The van der Waals surface area contributed by atoms with Crippen LogP contribution in [-0.4, -0.2) is 9.55 Å². The van der Waals surface area contributed by atoms with E-state index in [0.717, 1.165) is 42.6 Å². The summed E-state index contributed by atoms with van der Waals surface area (Å²) in [5.41, 5.74) is 6.79. The number of aromatic nitrogens is 2. The first-order valence-corrected chi connectivity index (χ1v) is 15.8. The Morgan fingerprint density at radius 1 is 0.644 bits per heavy atom. The average molecular weight is 607 g/mol. The molecule has 0 aliphatic carbocycles. The van der Waals surface area contributed by atoms with E-state index in [-0.39, 0.29) is 17.0 Å².